The van der Waals surface area contributed by atoms with Crippen molar-refractivity contribution >= 4 is 11.3 Å². The molecule has 3 aromatic rings. The molecule has 0 saturated carbocycles. The molecule has 4 nitrogen and oxygen atoms in total. The van der Waals surface area contributed by atoms with Gasteiger partial charge in [0.25, 0.3) is 0 Å². The first kappa shape index (κ1) is 21.8. The SMILES string of the molecule is CCCc1ccc(CCc2[nH]c(OCC3CCCCO3)cc(=O)c2-c2ccsc2)cc1. The van der Waals surface area contributed by atoms with Crippen LogP contribution in [0.4, 0.5) is 0 Å². The van der Waals surface area contributed by atoms with Crippen molar-refractivity contribution in [1.82, 2.24) is 4.98 Å². The van der Waals surface area contributed by atoms with Crippen molar-refractivity contribution in [2.75, 3.05) is 13.2 Å². The van der Waals surface area contributed by atoms with E-state index in [9.17, 15) is 4.79 Å². The smallest absolute Gasteiger partial charge is 0.194 e. The molecule has 1 fully saturated rings. The van der Waals surface area contributed by atoms with Crippen molar-refractivity contribution in [3.05, 3.63) is 74.2 Å². The Kier molecular flexibility index (Phi) is 7.60. The van der Waals surface area contributed by atoms with E-state index < -0.39 is 0 Å². The van der Waals surface area contributed by atoms with Crippen LogP contribution in [0.15, 0.2) is 52.0 Å². The second-order valence-corrected chi connectivity index (χ2v) is 9.01. The molecule has 0 aliphatic carbocycles. The minimum absolute atomic E-state index is 0.00464. The molecule has 2 aromatic heterocycles. The molecule has 1 aromatic carbocycles. The molecule has 1 aliphatic rings. The topological polar surface area (TPSA) is 51.3 Å². The van der Waals surface area contributed by atoms with Crippen LogP contribution in [0.3, 0.4) is 0 Å². The van der Waals surface area contributed by atoms with Gasteiger partial charge in [-0.05, 0) is 72.0 Å². The quantitative estimate of drug-likeness (QED) is 0.461. The molecule has 1 N–H and O–H groups in total. The van der Waals surface area contributed by atoms with Crippen LogP contribution in [0.25, 0.3) is 11.1 Å². The van der Waals surface area contributed by atoms with Crippen LogP contribution in [0.5, 0.6) is 5.88 Å². The highest BCUT2D eigenvalue weighted by Crippen LogP contribution is 2.25. The summed E-state index contributed by atoms with van der Waals surface area (Å²) in [5, 5.41) is 4.04. The van der Waals surface area contributed by atoms with Gasteiger partial charge < -0.3 is 14.5 Å². The molecule has 1 atom stereocenters. The third-order valence-electron chi connectivity index (χ3n) is 5.82. The maximum Gasteiger partial charge on any atom is 0.194 e. The number of benzene rings is 1. The van der Waals surface area contributed by atoms with E-state index in [0.717, 1.165) is 62.0 Å². The molecule has 1 aliphatic heterocycles. The Bertz CT molecular complexity index is 1000. The predicted molar refractivity (Wildman–Crippen MR) is 127 cm³/mol. The van der Waals surface area contributed by atoms with Crippen molar-refractivity contribution in [2.24, 2.45) is 0 Å². The third-order valence-corrected chi connectivity index (χ3v) is 6.50. The molecule has 0 radical (unpaired) electrons. The number of rotatable bonds is 9. The Morgan fingerprint density at radius 2 is 1.90 bits per heavy atom. The minimum atomic E-state index is 0.00464. The van der Waals surface area contributed by atoms with E-state index in [-0.39, 0.29) is 11.5 Å². The first-order valence-corrected chi connectivity index (χ1v) is 12.3. The number of pyridine rings is 1. The number of aryl methyl sites for hydroxylation is 3. The number of ether oxygens (including phenoxy) is 2. The van der Waals surface area contributed by atoms with E-state index in [1.165, 1.54) is 17.5 Å². The molecule has 0 spiro atoms. The largest absolute Gasteiger partial charge is 0.476 e. The zero-order valence-electron chi connectivity index (χ0n) is 18.2. The molecule has 31 heavy (non-hydrogen) atoms. The van der Waals surface area contributed by atoms with Gasteiger partial charge in [0.1, 0.15) is 6.61 Å². The summed E-state index contributed by atoms with van der Waals surface area (Å²) in [5.74, 6) is 0.534. The Hall–Kier alpha value is -2.37. The monoisotopic (exact) mass is 437 g/mol. The second kappa shape index (κ2) is 10.8. The van der Waals surface area contributed by atoms with Crippen LogP contribution in [-0.4, -0.2) is 24.3 Å². The van der Waals surface area contributed by atoms with E-state index in [4.69, 9.17) is 9.47 Å². The molecule has 1 saturated heterocycles. The van der Waals surface area contributed by atoms with Crippen molar-refractivity contribution in [3.63, 3.8) is 0 Å². The second-order valence-electron chi connectivity index (χ2n) is 8.23. The van der Waals surface area contributed by atoms with E-state index >= 15 is 0 Å². The van der Waals surface area contributed by atoms with Gasteiger partial charge in [-0.25, -0.2) is 0 Å². The number of hydrogen-bond donors (Lipinski definition) is 1. The summed E-state index contributed by atoms with van der Waals surface area (Å²) in [6, 6.07) is 12.4. The zero-order valence-corrected chi connectivity index (χ0v) is 19.0. The summed E-state index contributed by atoms with van der Waals surface area (Å²) >= 11 is 1.61. The van der Waals surface area contributed by atoms with Gasteiger partial charge in [-0.1, -0.05) is 37.6 Å². The highest BCUT2D eigenvalue weighted by Gasteiger charge is 2.17. The summed E-state index contributed by atoms with van der Waals surface area (Å²) in [6.45, 7) is 3.47. The van der Waals surface area contributed by atoms with E-state index in [1.807, 2.05) is 16.8 Å². The van der Waals surface area contributed by atoms with Gasteiger partial charge in [0.05, 0.1) is 6.10 Å². The molecule has 5 heteroatoms. The number of aromatic nitrogens is 1. The average Bonchev–Trinajstić information content (AvgIpc) is 3.32. The number of H-pyrrole nitrogens is 1. The molecule has 164 valence electrons. The number of nitrogens with one attached hydrogen (secondary N) is 1. The van der Waals surface area contributed by atoms with Crippen LogP contribution in [-0.2, 0) is 24.0 Å². The standard InChI is InChI=1S/C26H31NO3S/c1-2-5-19-7-9-20(10-8-19)11-12-23-26(21-13-15-31-18-21)24(28)16-25(27-23)30-17-22-6-3-4-14-29-22/h7-10,13,15-16,18,22H,2-6,11-12,14,17H2,1H3,(H,27,28). The highest BCUT2D eigenvalue weighted by molar-refractivity contribution is 7.08. The van der Waals surface area contributed by atoms with Crippen molar-refractivity contribution < 1.29 is 9.47 Å². The lowest BCUT2D eigenvalue weighted by molar-refractivity contribution is -0.0119. The van der Waals surface area contributed by atoms with Gasteiger partial charge in [0, 0.05) is 23.9 Å². The average molecular weight is 438 g/mol. The van der Waals surface area contributed by atoms with Crippen LogP contribution in [0.1, 0.15) is 49.4 Å². The summed E-state index contributed by atoms with van der Waals surface area (Å²) < 4.78 is 11.7. The minimum Gasteiger partial charge on any atom is -0.476 e. The normalized spacial score (nSPS) is 16.4. The van der Waals surface area contributed by atoms with E-state index in [1.54, 1.807) is 17.4 Å². The van der Waals surface area contributed by atoms with Crippen molar-refractivity contribution in [1.29, 1.82) is 0 Å². The van der Waals surface area contributed by atoms with Gasteiger partial charge >= 0.3 is 0 Å². The van der Waals surface area contributed by atoms with E-state index in [2.05, 4.69) is 36.2 Å². The highest BCUT2D eigenvalue weighted by atomic mass is 32.1. The molecule has 3 heterocycles. The first-order chi connectivity index (χ1) is 15.2. The van der Waals surface area contributed by atoms with Gasteiger partial charge in [0.2, 0.25) is 0 Å². The van der Waals surface area contributed by atoms with Crippen LogP contribution in [0, 0.1) is 0 Å². The number of hydrogen-bond acceptors (Lipinski definition) is 4. The fourth-order valence-electron chi connectivity index (χ4n) is 4.13. The molecule has 0 amide bonds. The Labute approximate surface area is 188 Å². The van der Waals surface area contributed by atoms with Gasteiger partial charge in [-0.2, -0.15) is 11.3 Å². The summed E-state index contributed by atoms with van der Waals surface area (Å²) in [7, 11) is 0. The Morgan fingerprint density at radius 3 is 2.58 bits per heavy atom. The molecular weight excluding hydrogens is 406 g/mol. The zero-order chi connectivity index (χ0) is 21.5. The Balaban J connectivity index is 1.52. The fourth-order valence-corrected chi connectivity index (χ4v) is 4.77. The first-order valence-electron chi connectivity index (χ1n) is 11.3. The summed E-state index contributed by atoms with van der Waals surface area (Å²) in [6.07, 6.45) is 7.30. The summed E-state index contributed by atoms with van der Waals surface area (Å²) in [4.78, 5) is 16.4. The van der Waals surface area contributed by atoms with Crippen molar-refractivity contribution in [3.8, 4) is 17.0 Å². The molecule has 1 unspecified atom stereocenters. The molecular formula is C26H31NO3S. The number of aromatic amines is 1. The lowest BCUT2D eigenvalue weighted by Gasteiger charge is -2.22. The van der Waals surface area contributed by atoms with Gasteiger partial charge in [0.15, 0.2) is 11.3 Å². The van der Waals surface area contributed by atoms with Crippen LogP contribution < -0.4 is 10.2 Å². The number of thiophene rings is 1. The van der Waals surface area contributed by atoms with Gasteiger partial charge in [-0.15, -0.1) is 0 Å². The summed E-state index contributed by atoms with van der Waals surface area (Å²) in [5.41, 5.74) is 5.32. The predicted octanol–water partition coefficient (Wildman–Crippen LogP) is 5.79. The third kappa shape index (κ3) is 5.86. The fraction of sp³-hybridized carbons (Fsp3) is 0.423. The van der Waals surface area contributed by atoms with Crippen molar-refractivity contribution in [2.45, 2.75) is 58.0 Å². The lowest BCUT2D eigenvalue weighted by Crippen LogP contribution is -2.26. The molecule has 4 rings (SSSR count). The lowest BCUT2D eigenvalue weighted by atomic mass is 10.00. The van der Waals surface area contributed by atoms with Gasteiger partial charge in [-0.3, -0.25) is 4.79 Å². The maximum absolute atomic E-state index is 13.0. The Morgan fingerprint density at radius 1 is 1.10 bits per heavy atom. The maximum atomic E-state index is 13.0. The van der Waals surface area contributed by atoms with Crippen LogP contribution >= 0.6 is 11.3 Å². The van der Waals surface area contributed by atoms with E-state index in [0.29, 0.717) is 12.5 Å². The van der Waals surface area contributed by atoms with Crippen LogP contribution in [0.2, 0.25) is 0 Å². The molecule has 0 bridgehead atoms.